The molecule has 1 amide bonds. The average molecular weight is 257 g/mol. The summed E-state index contributed by atoms with van der Waals surface area (Å²) >= 11 is 0. The maximum Gasteiger partial charge on any atom is 0.307 e. The van der Waals surface area contributed by atoms with Crippen molar-refractivity contribution in [2.45, 2.75) is 25.4 Å². The molecular weight excluding hydrogens is 242 g/mol. The molecule has 2 unspecified atom stereocenters. The molecule has 2 atom stereocenters. The van der Waals surface area contributed by atoms with E-state index in [2.05, 4.69) is 6.08 Å². The molecule has 0 spiro atoms. The number of nitrogens with zero attached hydrogens (tertiary/aromatic N) is 1. The van der Waals surface area contributed by atoms with Crippen LogP contribution >= 0.6 is 0 Å². The first-order chi connectivity index (χ1) is 9.13. The van der Waals surface area contributed by atoms with E-state index >= 15 is 0 Å². The molecule has 98 valence electrons. The molecular formula is C15H15NO3. The summed E-state index contributed by atoms with van der Waals surface area (Å²) in [6, 6.07) is 7.69. The lowest BCUT2D eigenvalue weighted by Gasteiger charge is -2.24. The quantitative estimate of drug-likeness (QED) is 0.833. The van der Waals surface area contributed by atoms with Crippen LogP contribution in [0.25, 0.3) is 0 Å². The summed E-state index contributed by atoms with van der Waals surface area (Å²) in [5.74, 6) is -0.539. The smallest absolute Gasteiger partial charge is 0.307 e. The van der Waals surface area contributed by atoms with Crippen LogP contribution in [0.3, 0.4) is 0 Å². The maximum atomic E-state index is 12.0. The van der Waals surface area contributed by atoms with Crippen molar-refractivity contribution in [3.63, 3.8) is 0 Å². The molecule has 1 heterocycles. The van der Waals surface area contributed by atoms with E-state index < -0.39 is 5.97 Å². The van der Waals surface area contributed by atoms with E-state index in [-0.39, 0.29) is 24.3 Å². The van der Waals surface area contributed by atoms with Gasteiger partial charge in [0.15, 0.2) is 0 Å². The summed E-state index contributed by atoms with van der Waals surface area (Å²) in [6.07, 6.45) is 5.05. The Morgan fingerprint density at radius 1 is 1.21 bits per heavy atom. The highest BCUT2D eigenvalue weighted by molar-refractivity contribution is 5.85. The topological polar surface area (TPSA) is 57.6 Å². The number of fused-ring (bicyclic) bond motifs is 2. The summed E-state index contributed by atoms with van der Waals surface area (Å²) < 4.78 is 0. The van der Waals surface area contributed by atoms with E-state index in [0.29, 0.717) is 6.54 Å². The van der Waals surface area contributed by atoms with Gasteiger partial charge in [0.25, 0.3) is 0 Å². The van der Waals surface area contributed by atoms with Gasteiger partial charge in [-0.2, -0.15) is 0 Å². The van der Waals surface area contributed by atoms with Crippen LogP contribution in [-0.4, -0.2) is 27.9 Å². The lowest BCUT2D eigenvalue weighted by Crippen LogP contribution is -2.34. The largest absolute Gasteiger partial charge is 0.481 e. The van der Waals surface area contributed by atoms with Crippen LogP contribution in [0, 0.1) is 5.92 Å². The molecule has 4 nitrogen and oxygen atoms in total. The first-order valence-corrected chi connectivity index (χ1v) is 6.42. The Balaban J connectivity index is 1.69. The molecule has 1 aliphatic heterocycles. The minimum atomic E-state index is -0.829. The Morgan fingerprint density at radius 3 is 2.47 bits per heavy atom. The van der Waals surface area contributed by atoms with E-state index in [9.17, 15) is 9.59 Å². The number of hydrogen-bond donors (Lipinski definition) is 1. The number of benzene rings is 1. The van der Waals surface area contributed by atoms with Crippen molar-refractivity contribution in [2.75, 3.05) is 0 Å². The van der Waals surface area contributed by atoms with Gasteiger partial charge in [0.1, 0.15) is 0 Å². The van der Waals surface area contributed by atoms with E-state index in [1.807, 2.05) is 35.2 Å². The molecule has 4 heteroatoms. The Hall–Kier alpha value is -2.10. The predicted octanol–water partition coefficient (Wildman–Crippen LogP) is 1.60. The molecule has 1 saturated heterocycles. The van der Waals surface area contributed by atoms with Crippen molar-refractivity contribution < 1.29 is 14.7 Å². The van der Waals surface area contributed by atoms with Crippen molar-refractivity contribution >= 4 is 11.9 Å². The predicted molar refractivity (Wildman–Crippen MR) is 69.4 cm³/mol. The zero-order valence-electron chi connectivity index (χ0n) is 10.5. The Kier molecular flexibility index (Phi) is 2.85. The van der Waals surface area contributed by atoms with Crippen LogP contribution in [0.1, 0.15) is 17.5 Å². The van der Waals surface area contributed by atoms with Gasteiger partial charge in [-0.15, -0.1) is 0 Å². The van der Waals surface area contributed by atoms with Gasteiger partial charge in [0.2, 0.25) is 5.91 Å². The Bertz CT molecular complexity index is 547. The highest BCUT2D eigenvalue weighted by Gasteiger charge is 2.40. The van der Waals surface area contributed by atoms with Gasteiger partial charge in [-0.1, -0.05) is 36.4 Å². The van der Waals surface area contributed by atoms with Crippen LogP contribution in [-0.2, 0) is 22.6 Å². The van der Waals surface area contributed by atoms with E-state index in [1.54, 1.807) is 0 Å². The van der Waals surface area contributed by atoms with Crippen molar-refractivity contribution in [2.24, 2.45) is 5.92 Å². The number of hydrogen-bond acceptors (Lipinski definition) is 2. The molecule has 0 radical (unpaired) electrons. The number of aliphatic carboxylic acids is 1. The number of carboxylic acids is 1. The second kappa shape index (κ2) is 4.53. The second-order valence-corrected chi connectivity index (χ2v) is 5.15. The lowest BCUT2D eigenvalue weighted by atomic mass is 10.1. The number of amides is 1. The van der Waals surface area contributed by atoms with E-state index in [1.165, 1.54) is 0 Å². The third-order valence-corrected chi connectivity index (χ3v) is 3.79. The van der Waals surface area contributed by atoms with Crippen molar-refractivity contribution in [1.29, 1.82) is 0 Å². The number of likely N-dealkylation sites (tertiary alicyclic amines) is 1. The standard InChI is InChI=1S/C15H15NO3/c17-14(18)7-10-1-3-11(4-2-10)9-16-13-6-5-12(8-13)15(16)19/h1-6,12-13H,7-9H2,(H,17,18). The summed E-state index contributed by atoms with van der Waals surface area (Å²) in [5, 5.41) is 8.71. The molecule has 19 heavy (non-hydrogen) atoms. The van der Waals surface area contributed by atoms with E-state index in [0.717, 1.165) is 17.5 Å². The molecule has 2 aliphatic rings. The van der Waals surface area contributed by atoms with Crippen molar-refractivity contribution in [3.8, 4) is 0 Å². The van der Waals surface area contributed by atoms with Crippen LogP contribution < -0.4 is 0 Å². The zero-order valence-corrected chi connectivity index (χ0v) is 10.5. The van der Waals surface area contributed by atoms with Crippen LogP contribution in [0.5, 0.6) is 0 Å². The summed E-state index contributed by atoms with van der Waals surface area (Å²) in [4.78, 5) is 24.5. The fourth-order valence-corrected chi connectivity index (χ4v) is 2.80. The van der Waals surface area contributed by atoms with Crippen molar-refractivity contribution in [3.05, 3.63) is 47.5 Å². The molecule has 1 aliphatic carbocycles. The SMILES string of the molecule is O=C(O)Cc1ccc(CN2C(=O)C3C=CC2C3)cc1. The first kappa shape index (κ1) is 12.0. The monoisotopic (exact) mass is 257 g/mol. The first-order valence-electron chi connectivity index (χ1n) is 6.42. The fourth-order valence-electron chi connectivity index (χ4n) is 2.80. The minimum Gasteiger partial charge on any atom is -0.481 e. The molecule has 1 fully saturated rings. The van der Waals surface area contributed by atoms with Crippen LogP contribution in [0.4, 0.5) is 0 Å². The van der Waals surface area contributed by atoms with Gasteiger partial charge in [0, 0.05) is 6.54 Å². The zero-order chi connectivity index (χ0) is 13.4. The number of carbonyl (C=O) groups is 2. The van der Waals surface area contributed by atoms with Crippen LogP contribution in [0.15, 0.2) is 36.4 Å². The molecule has 0 saturated carbocycles. The second-order valence-electron chi connectivity index (χ2n) is 5.15. The fraction of sp³-hybridized carbons (Fsp3) is 0.333. The van der Waals surface area contributed by atoms with Crippen LogP contribution in [0.2, 0.25) is 0 Å². The lowest BCUT2D eigenvalue weighted by molar-refractivity contribution is -0.136. The molecule has 3 rings (SSSR count). The summed E-state index contributed by atoms with van der Waals surface area (Å²) in [7, 11) is 0. The molecule has 1 aromatic rings. The van der Waals surface area contributed by atoms with Gasteiger partial charge in [-0.3, -0.25) is 9.59 Å². The van der Waals surface area contributed by atoms with Gasteiger partial charge in [-0.05, 0) is 17.5 Å². The molecule has 1 aromatic carbocycles. The van der Waals surface area contributed by atoms with Gasteiger partial charge in [0.05, 0.1) is 18.4 Å². The Morgan fingerprint density at radius 2 is 1.89 bits per heavy atom. The summed E-state index contributed by atoms with van der Waals surface area (Å²) in [6.45, 7) is 0.609. The van der Waals surface area contributed by atoms with Gasteiger partial charge in [-0.25, -0.2) is 0 Å². The highest BCUT2D eigenvalue weighted by Crippen LogP contribution is 2.33. The number of rotatable bonds is 4. The maximum absolute atomic E-state index is 12.0. The third-order valence-electron chi connectivity index (χ3n) is 3.79. The number of carbonyl (C=O) groups excluding carboxylic acids is 1. The minimum absolute atomic E-state index is 0.0381. The van der Waals surface area contributed by atoms with Crippen molar-refractivity contribution in [1.82, 2.24) is 4.90 Å². The average Bonchev–Trinajstić information content (AvgIpc) is 2.95. The van der Waals surface area contributed by atoms with Gasteiger partial charge < -0.3 is 10.0 Å². The highest BCUT2D eigenvalue weighted by atomic mass is 16.4. The molecule has 2 bridgehead atoms. The molecule has 0 aromatic heterocycles. The van der Waals surface area contributed by atoms with Gasteiger partial charge >= 0.3 is 5.97 Å². The van der Waals surface area contributed by atoms with E-state index in [4.69, 9.17) is 5.11 Å². The normalized spacial score (nSPS) is 24.2. The Labute approximate surface area is 111 Å². The third kappa shape index (κ3) is 2.26. The number of carboxylic acid groups (broad SMARTS) is 1. The molecule has 1 N–H and O–H groups in total. The summed E-state index contributed by atoms with van der Waals surface area (Å²) in [5.41, 5.74) is 1.83.